The average molecular weight is 387 g/mol. The molecule has 0 saturated heterocycles. The Hall–Kier alpha value is -2.71. The van der Waals surface area contributed by atoms with Gasteiger partial charge in [0, 0.05) is 18.5 Å². The molecule has 0 atom stereocenters. The number of aromatic nitrogens is 2. The summed E-state index contributed by atoms with van der Waals surface area (Å²) < 4.78 is 37.8. The molecule has 0 aliphatic rings. The molecule has 0 spiro atoms. The molecule has 142 valence electrons. The van der Waals surface area contributed by atoms with Crippen molar-refractivity contribution < 1.29 is 17.7 Å². The number of nitrogens with one attached hydrogen (secondary N) is 1. The standard InChI is InChI=1S/C19H21N3O4S/c1-13-5-4-6-15(11-13)19-21-18(26-22-19)9-10-20-27(23,24)16-7-8-17(25-3)14(2)12-16/h4-8,11-12,20H,9-10H2,1-3H3. The van der Waals surface area contributed by atoms with Crippen LogP contribution in [-0.4, -0.2) is 32.2 Å². The molecule has 1 N–H and O–H groups in total. The van der Waals surface area contributed by atoms with Gasteiger partial charge in [-0.05, 0) is 43.7 Å². The summed E-state index contributed by atoms with van der Waals surface area (Å²) in [5.74, 6) is 1.51. The Bertz CT molecular complexity index is 1040. The first-order valence-corrected chi connectivity index (χ1v) is 9.91. The molecule has 27 heavy (non-hydrogen) atoms. The van der Waals surface area contributed by atoms with E-state index in [0.717, 1.165) is 16.7 Å². The zero-order chi connectivity index (χ0) is 19.4. The molecule has 0 fully saturated rings. The van der Waals surface area contributed by atoms with Crippen LogP contribution in [0, 0.1) is 13.8 Å². The van der Waals surface area contributed by atoms with E-state index in [1.165, 1.54) is 6.07 Å². The smallest absolute Gasteiger partial charge is 0.240 e. The first-order valence-electron chi connectivity index (χ1n) is 8.43. The van der Waals surface area contributed by atoms with E-state index < -0.39 is 10.0 Å². The fourth-order valence-corrected chi connectivity index (χ4v) is 3.77. The molecule has 0 radical (unpaired) electrons. The number of hydrogen-bond acceptors (Lipinski definition) is 6. The Labute approximate surface area is 158 Å². The van der Waals surface area contributed by atoms with Gasteiger partial charge in [0.05, 0.1) is 12.0 Å². The summed E-state index contributed by atoms with van der Waals surface area (Å²) in [4.78, 5) is 4.51. The van der Waals surface area contributed by atoms with E-state index in [2.05, 4.69) is 14.9 Å². The molecule has 0 saturated carbocycles. The predicted molar refractivity (Wildman–Crippen MR) is 101 cm³/mol. The molecule has 0 unspecified atom stereocenters. The van der Waals surface area contributed by atoms with Gasteiger partial charge in [-0.2, -0.15) is 4.98 Å². The van der Waals surface area contributed by atoms with Crippen LogP contribution in [0.4, 0.5) is 0 Å². The SMILES string of the molecule is COc1ccc(S(=O)(=O)NCCc2nc(-c3cccc(C)c3)no2)cc1C. The van der Waals surface area contributed by atoms with Crippen LogP contribution in [0.5, 0.6) is 5.75 Å². The van der Waals surface area contributed by atoms with Crippen molar-refractivity contribution in [1.29, 1.82) is 0 Å². The molecular formula is C19H21N3O4S. The van der Waals surface area contributed by atoms with Gasteiger partial charge in [0.25, 0.3) is 0 Å². The Balaban J connectivity index is 1.63. The van der Waals surface area contributed by atoms with Gasteiger partial charge >= 0.3 is 0 Å². The fourth-order valence-electron chi connectivity index (χ4n) is 2.65. The molecule has 0 aliphatic carbocycles. The molecule has 3 rings (SSSR count). The maximum atomic E-state index is 12.4. The highest BCUT2D eigenvalue weighted by atomic mass is 32.2. The van der Waals surface area contributed by atoms with Crippen molar-refractivity contribution in [2.45, 2.75) is 25.2 Å². The van der Waals surface area contributed by atoms with E-state index in [1.807, 2.05) is 31.2 Å². The zero-order valence-corrected chi connectivity index (χ0v) is 16.2. The third-order valence-corrected chi connectivity index (χ3v) is 5.51. The van der Waals surface area contributed by atoms with Crippen LogP contribution in [0.2, 0.25) is 0 Å². The lowest BCUT2D eigenvalue weighted by molar-refractivity contribution is 0.379. The minimum atomic E-state index is -3.62. The van der Waals surface area contributed by atoms with Gasteiger partial charge in [-0.25, -0.2) is 13.1 Å². The molecule has 0 bridgehead atoms. The summed E-state index contributed by atoms with van der Waals surface area (Å²) in [5, 5.41) is 3.95. The topological polar surface area (TPSA) is 94.3 Å². The van der Waals surface area contributed by atoms with E-state index >= 15 is 0 Å². The zero-order valence-electron chi connectivity index (χ0n) is 15.4. The summed E-state index contributed by atoms with van der Waals surface area (Å²) in [6, 6.07) is 12.5. The third-order valence-electron chi connectivity index (χ3n) is 4.05. The second kappa shape index (κ2) is 7.89. The van der Waals surface area contributed by atoms with E-state index in [0.29, 0.717) is 23.9 Å². The average Bonchev–Trinajstić information content (AvgIpc) is 3.10. The van der Waals surface area contributed by atoms with Crippen molar-refractivity contribution >= 4 is 10.0 Å². The number of hydrogen-bond donors (Lipinski definition) is 1. The van der Waals surface area contributed by atoms with E-state index in [-0.39, 0.29) is 11.4 Å². The lowest BCUT2D eigenvalue weighted by atomic mass is 10.1. The molecule has 3 aromatic rings. The second-order valence-electron chi connectivity index (χ2n) is 6.16. The van der Waals surface area contributed by atoms with Crippen molar-refractivity contribution in [3.8, 4) is 17.1 Å². The second-order valence-corrected chi connectivity index (χ2v) is 7.93. The van der Waals surface area contributed by atoms with Crippen molar-refractivity contribution in [3.63, 3.8) is 0 Å². The monoisotopic (exact) mass is 387 g/mol. The highest BCUT2D eigenvalue weighted by molar-refractivity contribution is 7.89. The summed E-state index contributed by atoms with van der Waals surface area (Å²) >= 11 is 0. The molecular weight excluding hydrogens is 366 g/mol. The molecule has 1 aromatic heterocycles. The first kappa shape index (κ1) is 19.1. The lowest BCUT2D eigenvalue weighted by Crippen LogP contribution is -2.26. The summed E-state index contributed by atoms with van der Waals surface area (Å²) in [6.45, 7) is 3.94. The summed E-state index contributed by atoms with van der Waals surface area (Å²) in [7, 11) is -2.08. The molecule has 8 heteroatoms. The van der Waals surface area contributed by atoms with Crippen LogP contribution in [0.1, 0.15) is 17.0 Å². The number of nitrogens with zero attached hydrogens (tertiary/aromatic N) is 2. The quantitative estimate of drug-likeness (QED) is 0.670. The van der Waals surface area contributed by atoms with Crippen molar-refractivity contribution in [1.82, 2.24) is 14.9 Å². The minimum Gasteiger partial charge on any atom is -0.496 e. The van der Waals surface area contributed by atoms with E-state index in [1.54, 1.807) is 26.2 Å². The van der Waals surface area contributed by atoms with Gasteiger partial charge < -0.3 is 9.26 Å². The van der Waals surface area contributed by atoms with Gasteiger partial charge in [-0.1, -0.05) is 28.9 Å². The molecule has 0 aliphatic heterocycles. The summed E-state index contributed by atoms with van der Waals surface area (Å²) in [5.41, 5.74) is 2.71. The van der Waals surface area contributed by atoms with Crippen LogP contribution in [0.25, 0.3) is 11.4 Å². The molecule has 1 heterocycles. The van der Waals surface area contributed by atoms with Crippen LogP contribution in [0.3, 0.4) is 0 Å². The number of methoxy groups -OCH3 is 1. The van der Waals surface area contributed by atoms with Crippen LogP contribution >= 0.6 is 0 Å². The normalized spacial score (nSPS) is 11.5. The van der Waals surface area contributed by atoms with E-state index in [9.17, 15) is 8.42 Å². The maximum absolute atomic E-state index is 12.4. The number of sulfonamides is 1. The van der Waals surface area contributed by atoms with Crippen LogP contribution in [0.15, 0.2) is 51.9 Å². The maximum Gasteiger partial charge on any atom is 0.240 e. The first-order chi connectivity index (χ1) is 12.9. The Morgan fingerprint density at radius 3 is 2.67 bits per heavy atom. The molecule has 2 aromatic carbocycles. The Morgan fingerprint density at radius 2 is 1.96 bits per heavy atom. The van der Waals surface area contributed by atoms with Gasteiger partial charge in [-0.15, -0.1) is 0 Å². The third kappa shape index (κ3) is 4.53. The number of benzene rings is 2. The predicted octanol–water partition coefficient (Wildman–Crippen LogP) is 2.88. The van der Waals surface area contributed by atoms with E-state index in [4.69, 9.17) is 9.26 Å². The van der Waals surface area contributed by atoms with Crippen molar-refractivity contribution in [2.24, 2.45) is 0 Å². The highest BCUT2D eigenvalue weighted by Gasteiger charge is 2.16. The number of rotatable bonds is 7. The number of aryl methyl sites for hydroxylation is 2. The van der Waals surface area contributed by atoms with Gasteiger partial charge in [-0.3, -0.25) is 0 Å². The van der Waals surface area contributed by atoms with Crippen molar-refractivity contribution in [3.05, 3.63) is 59.5 Å². The molecule has 7 nitrogen and oxygen atoms in total. The van der Waals surface area contributed by atoms with Gasteiger partial charge in [0.15, 0.2) is 0 Å². The molecule has 0 amide bonds. The lowest BCUT2D eigenvalue weighted by Gasteiger charge is -2.09. The largest absolute Gasteiger partial charge is 0.496 e. The highest BCUT2D eigenvalue weighted by Crippen LogP contribution is 2.21. The minimum absolute atomic E-state index is 0.156. The van der Waals surface area contributed by atoms with Gasteiger partial charge in [0.2, 0.25) is 21.7 Å². The fraction of sp³-hybridized carbons (Fsp3) is 0.263. The van der Waals surface area contributed by atoms with Gasteiger partial charge in [0.1, 0.15) is 5.75 Å². The number of ether oxygens (including phenoxy) is 1. The summed E-state index contributed by atoms with van der Waals surface area (Å²) in [6.07, 6.45) is 0.299. The van der Waals surface area contributed by atoms with Crippen LogP contribution < -0.4 is 9.46 Å². The Kier molecular flexibility index (Phi) is 5.57. The van der Waals surface area contributed by atoms with Crippen molar-refractivity contribution in [2.75, 3.05) is 13.7 Å². The Morgan fingerprint density at radius 1 is 1.15 bits per heavy atom. The van der Waals surface area contributed by atoms with Crippen LogP contribution in [-0.2, 0) is 16.4 Å².